The molecule has 0 spiro atoms. The Labute approximate surface area is 244 Å². The number of methoxy groups -OCH3 is 1. The molecule has 3 amide bonds. The maximum absolute atomic E-state index is 13.8. The predicted octanol–water partition coefficient (Wildman–Crippen LogP) is 2.67. The zero-order chi connectivity index (χ0) is 30.4. The third-order valence-electron chi connectivity index (χ3n) is 7.66. The van der Waals surface area contributed by atoms with E-state index in [0.29, 0.717) is 24.0 Å². The second-order valence-electron chi connectivity index (χ2n) is 12.0. The minimum atomic E-state index is -3.83. The monoisotopic (exact) mass is 600 g/mol. The summed E-state index contributed by atoms with van der Waals surface area (Å²) in [7, 11) is -2.29. The number of sulfonamides is 1. The van der Waals surface area contributed by atoms with Gasteiger partial charge in [0.25, 0.3) is 5.91 Å². The number of nitrogens with zero attached hydrogens (tertiary/aromatic N) is 2. The number of benzene rings is 1. The molecular formula is C29H36N4O8S. The number of amides is 3. The van der Waals surface area contributed by atoms with Gasteiger partial charge in [0.05, 0.1) is 24.3 Å². The quantitative estimate of drug-likeness (QED) is 0.414. The van der Waals surface area contributed by atoms with Gasteiger partial charge >= 0.3 is 6.09 Å². The Morgan fingerprint density at radius 3 is 2.55 bits per heavy atom. The van der Waals surface area contributed by atoms with Crippen molar-refractivity contribution in [2.75, 3.05) is 13.7 Å². The van der Waals surface area contributed by atoms with E-state index in [0.717, 1.165) is 5.39 Å². The maximum Gasteiger partial charge on any atom is 0.411 e. The number of nitrogens with one attached hydrogen (secondary N) is 2. The highest BCUT2D eigenvalue weighted by Crippen LogP contribution is 2.45. The van der Waals surface area contributed by atoms with Crippen molar-refractivity contribution in [1.29, 1.82) is 0 Å². The molecule has 2 aliphatic carbocycles. The predicted molar refractivity (Wildman–Crippen MR) is 153 cm³/mol. The fourth-order valence-corrected chi connectivity index (χ4v) is 6.62. The standard InChI is InChI=1S/C29H36N4O8S/c1-6-18-15-29(18,26(35)32-42(37,38)20-10-11-20)31-24(34)21-14-19(16-33(21)27(36)41-28(2,3)4)40-25-23-17(12-13-30-25)8-7-9-22(23)39-5/h6-9,12-13,18-21H,1,10-11,14-16H2,2-5H3,(H,31,34)(H,32,35)/t18-,19?,21?,29-/m1/s1. The van der Waals surface area contributed by atoms with Gasteiger partial charge in [0, 0.05) is 18.5 Å². The molecular weight excluding hydrogens is 564 g/mol. The Kier molecular flexibility index (Phi) is 7.58. The molecule has 12 nitrogen and oxygen atoms in total. The molecule has 4 atom stereocenters. The molecule has 2 aromatic rings. The zero-order valence-electron chi connectivity index (χ0n) is 24.1. The number of aromatic nitrogens is 1. The van der Waals surface area contributed by atoms with Gasteiger partial charge < -0.3 is 19.5 Å². The lowest BCUT2D eigenvalue weighted by molar-refractivity contribution is -0.131. The Hall–Kier alpha value is -3.87. The van der Waals surface area contributed by atoms with Gasteiger partial charge in [-0.1, -0.05) is 18.2 Å². The van der Waals surface area contributed by atoms with Crippen molar-refractivity contribution in [1.82, 2.24) is 19.9 Å². The van der Waals surface area contributed by atoms with Gasteiger partial charge in [-0.2, -0.15) is 0 Å². The number of pyridine rings is 1. The Balaban J connectivity index is 1.39. The number of carbonyl (C=O) groups is 3. The van der Waals surface area contributed by atoms with Crippen LogP contribution in [0.15, 0.2) is 43.1 Å². The van der Waals surface area contributed by atoms with E-state index in [4.69, 9.17) is 14.2 Å². The zero-order valence-corrected chi connectivity index (χ0v) is 24.9. The molecule has 2 heterocycles. The number of fused-ring (bicyclic) bond motifs is 1. The molecule has 1 aromatic carbocycles. The van der Waals surface area contributed by atoms with E-state index in [9.17, 15) is 22.8 Å². The molecule has 2 saturated carbocycles. The molecule has 3 fully saturated rings. The number of ether oxygens (including phenoxy) is 3. The summed E-state index contributed by atoms with van der Waals surface area (Å²) in [4.78, 5) is 45.8. The number of likely N-dealkylation sites (tertiary alicyclic amines) is 1. The SMILES string of the molecule is C=C[C@@H]1C[C@]1(NC(=O)C1CC(Oc2nccc3cccc(OC)c23)CN1C(=O)OC(C)(C)C)C(=O)NS(=O)(=O)C1CC1. The molecule has 2 N–H and O–H groups in total. The van der Waals surface area contributed by atoms with E-state index < -0.39 is 62.4 Å². The molecule has 1 aromatic heterocycles. The largest absolute Gasteiger partial charge is 0.496 e. The summed E-state index contributed by atoms with van der Waals surface area (Å²) in [5.41, 5.74) is -2.31. The van der Waals surface area contributed by atoms with Crippen LogP contribution in [-0.4, -0.2) is 78.4 Å². The maximum atomic E-state index is 13.8. The van der Waals surface area contributed by atoms with Crippen molar-refractivity contribution in [3.63, 3.8) is 0 Å². The van der Waals surface area contributed by atoms with E-state index >= 15 is 0 Å². The number of hydrogen-bond donors (Lipinski definition) is 2. The summed E-state index contributed by atoms with van der Waals surface area (Å²) in [6, 6.07) is 6.29. The van der Waals surface area contributed by atoms with Crippen molar-refractivity contribution < 1.29 is 37.0 Å². The molecule has 13 heteroatoms. The van der Waals surface area contributed by atoms with Crippen LogP contribution in [0.2, 0.25) is 0 Å². The normalized spacial score (nSPS) is 25.4. The summed E-state index contributed by atoms with van der Waals surface area (Å²) in [5.74, 6) is -1.06. The van der Waals surface area contributed by atoms with Crippen LogP contribution < -0.4 is 19.5 Å². The van der Waals surface area contributed by atoms with Gasteiger partial charge in [0.1, 0.15) is 29.0 Å². The van der Waals surface area contributed by atoms with E-state index in [1.807, 2.05) is 18.2 Å². The van der Waals surface area contributed by atoms with Crippen LogP contribution in [-0.2, 0) is 24.3 Å². The average Bonchev–Trinajstić information content (AvgIpc) is 3.84. The average molecular weight is 601 g/mol. The summed E-state index contributed by atoms with van der Waals surface area (Å²) in [6.45, 7) is 8.89. The number of rotatable bonds is 9. The summed E-state index contributed by atoms with van der Waals surface area (Å²) >= 11 is 0. The minimum Gasteiger partial charge on any atom is -0.496 e. The molecule has 0 radical (unpaired) electrons. The van der Waals surface area contributed by atoms with Crippen molar-refractivity contribution in [2.45, 2.75) is 75.0 Å². The van der Waals surface area contributed by atoms with Crippen LogP contribution in [0.1, 0.15) is 46.5 Å². The fourth-order valence-electron chi connectivity index (χ4n) is 5.26. The van der Waals surface area contributed by atoms with Gasteiger partial charge in [-0.15, -0.1) is 6.58 Å². The van der Waals surface area contributed by atoms with Gasteiger partial charge in [0.2, 0.25) is 21.8 Å². The molecule has 3 aliphatic rings. The lowest BCUT2D eigenvalue weighted by Gasteiger charge is -2.29. The Morgan fingerprint density at radius 1 is 1.19 bits per heavy atom. The first-order valence-corrected chi connectivity index (χ1v) is 15.4. The van der Waals surface area contributed by atoms with E-state index in [2.05, 4.69) is 21.6 Å². The van der Waals surface area contributed by atoms with Crippen molar-refractivity contribution >= 4 is 38.7 Å². The first-order valence-electron chi connectivity index (χ1n) is 13.9. The molecule has 0 bridgehead atoms. The van der Waals surface area contributed by atoms with E-state index in [-0.39, 0.29) is 25.3 Å². The van der Waals surface area contributed by atoms with Crippen LogP contribution in [0, 0.1) is 5.92 Å². The summed E-state index contributed by atoms with van der Waals surface area (Å²) in [5, 5.41) is 3.63. The third-order valence-corrected chi connectivity index (χ3v) is 9.48. The van der Waals surface area contributed by atoms with Crippen molar-refractivity contribution in [3.05, 3.63) is 43.1 Å². The van der Waals surface area contributed by atoms with Crippen molar-refractivity contribution in [2.24, 2.45) is 5.92 Å². The smallest absolute Gasteiger partial charge is 0.411 e. The topological polar surface area (TPSA) is 153 Å². The highest BCUT2D eigenvalue weighted by molar-refractivity contribution is 7.91. The second-order valence-corrected chi connectivity index (χ2v) is 13.9. The molecule has 5 rings (SSSR count). The second kappa shape index (κ2) is 10.8. The molecule has 1 saturated heterocycles. The van der Waals surface area contributed by atoms with Crippen molar-refractivity contribution in [3.8, 4) is 11.6 Å². The van der Waals surface area contributed by atoms with Crippen LogP contribution in [0.25, 0.3) is 10.8 Å². The highest BCUT2D eigenvalue weighted by Gasteiger charge is 2.62. The lowest BCUT2D eigenvalue weighted by atomic mass is 10.1. The minimum absolute atomic E-state index is 0.0142. The molecule has 42 heavy (non-hydrogen) atoms. The van der Waals surface area contributed by atoms with E-state index in [1.165, 1.54) is 11.0 Å². The first kappa shape index (κ1) is 29.6. The summed E-state index contributed by atoms with van der Waals surface area (Å²) < 4.78 is 44.4. The van der Waals surface area contributed by atoms with Gasteiger partial charge in [-0.25, -0.2) is 18.2 Å². The van der Waals surface area contributed by atoms with Crippen LogP contribution >= 0.6 is 0 Å². The Bertz CT molecular complexity index is 1530. The van der Waals surface area contributed by atoms with Gasteiger partial charge in [-0.3, -0.25) is 19.2 Å². The van der Waals surface area contributed by atoms with Crippen LogP contribution in [0.3, 0.4) is 0 Å². The highest BCUT2D eigenvalue weighted by atomic mass is 32.2. The molecule has 2 unspecified atom stereocenters. The summed E-state index contributed by atoms with van der Waals surface area (Å²) in [6.07, 6.45) is 2.98. The van der Waals surface area contributed by atoms with Crippen LogP contribution in [0.4, 0.5) is 4.79 Å². The molecule has 226 valence electrons. The van der Waals surface area contributed by atoms with Gasteiger partial charge in [-0.05, 0) is 57.6 Å². The lowest BCUT2D eigenvalue weighted by Crippen LogP contribution is -2.56. The Morgan fingerprint density at radius 2 is 1.93 bits per heavy atom. The van der Waals surface area contributed by atoms with Gasteiger partial charge in [0.15, 0.2) is 0 Å². The fraction of sp³-hybridized carbons (Fsp3) is 0.517. The number of hydrogen-bond acceptors (Lipinski definition) is 9. The van der Waals surface area contributed by atoms with E-state index in [1.54, 1.807) is 40.1 Å². The van der Waals surface area contributed by atoms with Crippen LogP contribution in [0.5, 0.6) is 11.6 Å². The first-order chi connectivity index (χ1) is 19.8. The molecule has 1 aliphatic heterocycles. The third kappa shape index (κ3) is 5.87. The number of carbonyl (C=O) groups excluding carboxylic acids is 3.